The van der Waals surface area contributed by atoms with Crippen LogP contribution in [0.15, 0.2) is 0 Å². The van der Waals surface area contributed by atoms with Gasteiger partial charge in [-0.05, 0) is 6.92 Å². The summed E-state index contributed by atoms with van der Waals surface area (Å²) in [7, 11) is 0. The molecule has 0 unspecified atom stereocenters. The van der Waals surface area contributed by atoms with Crippen LogP contribution in [-0.2, 0) is 9.53 Å². The fourth-order valence-electron chi connectivity index (χ4n) is 0.588. The normalized spacial score (nSPS) is 43.0. The van der Waals surface area contributed by atoms with Crippen LogP contribution >= 0.6 is 11.6 Å². The van der Waals surface area contributed by atoms with Gasteiger partial charge in [-0.3, -0.25) is 4.79 Å². The summed E-state index contributed by atoms with van der Waals surface area (Å²) >= 11 is 5.54. The number of rotatable bonds is 0. The number of hydrogen-bond acceptors (Lipinski definition) is 3. The summed E-state index contributed by atoms with van der Waals surface area (Å²) in [6.45, 7) is 1.45. The van der Waals surface area contributed by atoms with E-state index in [2.05, 4.69) is 4.74 Å². The number of esters is 1. The standard InChI is InChI=1S/C5H7ClO3/c1-5(6)3(7)2-9-4(5)8/h3,7H,2H2,1H3/t3-,5-/m0/s1. The molecular formula is C5H7ClO3. The summed E-state index contributed by atoms with van der Waals surface area (Å²) < 4.78 is 4.46. The number of ether oxygens (including phenoxy) is 1. The SMILES string of the molecule is C[C@@]1(Cl)C(=O)OC[C@@H]1O. The Hall–Kier alpha value is -0.280. The molecule has 9 heavy (non-hydrogen) atoms. The summed E-state index contributed by atoms with van der Waals surface area (Å²) in [5.41, 5.74) is 0. The minimum absolute atomic E-state index is 0.0127. The largest absolute Gasteiger partial charge is 0.461 e. The molecule has 1 rings (SSSR count). The van der Waals surface area contributed by atoms with Gasteiger partial charge in [0.2, 0.25) is 0 Å². The van der Waals surface area contributed by atoms with Crippen LogP contribution in [0.1, 0.15) is 6.92 Å². The van der Waals surface area contributed by atoms with E-state index in [-0.39, 0.29) is 6.61 Å². The zero-order chi connectivity index (χ0) is 7.07. The molecule has 1 aliphatic heterocycles. The van der Waals surface area contributed by atoms with Crippen LogP contribution in [0.4, 0.5) is 0 Å². The number of aliphatic hydroxyl groups excluding tert-OH is 1. The predicted octanol–water partition coefficient (Wildman–Crippen LogP) is -0.0984. The molecule has 0 spiro atoms. The number of hydrogen-bond donors (Lipinski definition) is 1. The van der Waals surface area contributed by atoms with Crippen molar-refractivity contribution in [2.75, 3.05) is 6.61 Å². The maximum Gasteiger partial charge on any atom is 0.329 e. The first-order valence-corrected chi connectivity index (χ1v) is 2.97. The maximum atomic E-state index is 10.6. The van der Waals surface area contributed by atoms with Crippen molar-refractivity contribution < 1.29 is 14.6 Å². The van der Waals surface area contributed by atoms with Gasteiger partial charge in [-0.15, -0.1) is 11.6 Å². The Bertz CT molecular complexity index is 143. The van der Waals surface area contributed by atoms with Crippen molar-refractivity contribution in [1.82, 2.24) is 0 Å². The van der Waals surface area contributed by atoms with Gasteiger partial charge in [-0.2, -0.15) is 0 Å². The number of alkyl halides is 1. The average molecular weight is 151 g/mol. The fraction of sp³-hybridized carbons (Fsp3) is 0.800. The van der Waals surface area contributed by atoms with Crippen molar-refractivity contribution in [1.29, 1.82) is 0 Å². The highest BCUT2D eigenvalue weighted by Gasteiger charge is 2.46. The molecule has 0 aliphatic carbocycles. The lowest BCUT2D eigenvalue weighted by Gasteiger charge is -2.11. The molecule has 1 N–H and O–H groups in total. The van der Waals surface area contributed by atoms with E-state index in [9.17, 15) is 4.79 Å². The molecule has 0 saturated carbocycles. The molecule has 0 aromatic carbocycles. The first-order chi connectivity index (χ1) is 4.05. The van der Waals surface area contributed by atoms with E-state index in [0.717, 1.165) is 0 Å². The van der Waals surface area contributed by atoms with Crippen LogP contribution in [0.3, 0.4) is 0 Å². The number of cyclic esters (lactones) is 1. The number of carbonyl (C=O) groups excluding carboxylic acids is 1. The Labute approximate surface area is 57.6 Å². The van der Waals surface area contributed by atoms with Crippen molar-refractivity contribution in [2.24, 2.45) is 0 Å². The topological polar surface area (TPSA) is 46.5 Å². The van der Waals surface area contributed by atoms with E-state index >= 15 is 0 Å². The molecule has 52 valence electrons. The second kappa shape index (κ2) is 1.85. The third kappa shape index (κ3) is 0.904. The number of aliphatic hydroxyl groups is 1. The van der Waals surface area contributed by atoms with Gasteiger partial charge in [0.1, 0.15) is 12.7 Å². The first-order valence-electron chi connectivity index (χ1n) is 2.59. The Balaban J connectivity index is 2.78. The van der Waals surface area contributed by atoms with Gasteiger partial charge in [0.25, 0.3) is 0 Å². The van der Waals surface area contributed by atoms with Gasteiger partial charge in [0, 0.05) is 0 Å². The summed E-state index contributed by atoms with van der Waals surface area (Å²) in [6, 6.07) is 0. The van der Waals surface area contributed by atoms with Gasteiger partial charge >= 0.3 is 5.97 Å². The zero-order valence-electron chi connectivity index (χ0n) is 4.93. The fourth-order valence-corrected chi connectivity index (χ4v) is 0.706. The zero-order valence-corrected chi connectivity index (χ0v) is 5.68. The van der Waals surface area contributed by atoms with E-state index in [1.807, 2.05) is 0 Å². The van der Waals surface area contributed by atoms with Gasteiger partial charge in [0.05, 0.1) is 0 Å². The van der Waals surface area contributed by atoms with Gasteiger partial charge in [-0.1, -0.05) is 0 Å². The highest BCUT2D eigenvalue weighted by molar-refractivity contribution is 6.34. The van der Waals surface area contributed by atoms with Crippen molar-refractivity contribution in [3.8, 4) is 0 Å². The van der Waals surface area contributed by atoms with Crippen molar-refractivity contribution in [2.45, 2.75) is 17.9 Å². The van der Waals surface area contributed by atoms with Crippen molar-refractivity contribution in [3.05, 3.63) is 0 Å². The average Bonchev–Trinajstić information content (AvgIpc) is 1.96. The van der Waals surface area contributed by atoms with Crippen LogP contribution in [-0.4, -0.2) is 28.7 Å². The monoisotopic (exact) mass is 150 g/mol. The molecule has 3 nitrogen and oxygen atoms in total. The minimum Gasteiger partial charge on any atom is -0.461 e. The van der Waals surface area contributed by atoms with Gasteiger partial charge in [-0.25, -0.2) is 0 Å². The highest BCUT2D eigenvalue weighted by atomic mass is 35.5. The molecule has 1 saturated heterocycles. The quantitative estimate of drug-likeness (QED) is 0.388. The predicted molar refractivity (Wildman–Crippen MR) is 31.2 cm³/mol. The van der Waals surface area contributed by atoms with Crippen LogP contribution in [0.25, 0.3) is 0 Å². The van der Waals surface area contributed by atoms with Crippen molar-refractivity contribution >= 4 is 17.6 Å². The molecule has 0 radical (unpaired) electrons. The lowest BCUT2D eigenvalue weighted by molar-refractivity contribution is -0.139. The third-order valence-corrected chi connectivity index (χ3v) is 1.80. The Kier molecular flexibility index (Phi) is 1.41. The number of carbonyl (C=O) groups is 1. The molecule has 1 aliphatic rings. The first kappa shape index (κ1) is 6.83. The molecule has 1 heterocycles. The molecular weight excluding hydrogens is 144 g/mol. The molecule has 0 aromatic rings. The van der Waals surface area contributed by atoms with E-state index in [1.54, 1.807) is 0 Å². The lowest BCUT2D eigenvalue weighted by atomic mass is 10.1. The van der Waals surface area contributed by atoms with Gasteiger partial charge in [0.15, 0.2) is 4.87 Å². The Morgan fingerprint density at radius 1 is 2.00 bits per heavy atom. The maximum absolute atomic E-state index is 10.6. The Morgan fingerprint density at radius 3 is 2.67 bits per heavy atom. The smallest absolute Gasteiger partial charge is 0.329 e. The lowest BCUT2D eigenvalue weighted by Crippen LogP contribution is -2.34. The number of halogens is 1. The Morgan fingerprint density at radius 2 is 2.56 bits per heavy atom. The minimum atomic E-state index is -1.22. The molecule has 0 bridgehead atoms. The molecule has 0 amide bonds. The van der Waals surface area contributed by atoms with Crippen LogP contribution in [0, 0.1) is 0 Å². The second-order valence-electron chi connectivity index (χ2n) is 2.19. The third-order valence-electron chi connectivity index (χ3n) is 1.40. The molecule has 4 heteroatoms. The molecule has 0 aromatic heterocycles. The molecule has 1 fully saturated rings. The van der Waals surface area contributed by atoms with Crippen LogP contribution in [0.5, 0.6) is 0 Å². The van der Waals surface area contributed by atoms with E-state index in [0.29, 0.717) is 0 Å². The molecule has 2 atom stereocenters. The van der Waals surface area contributed by atoms with Gasteiger partial charge < -0.3 is 9.84 Å². The van der Waals surface area contributed by atoms with Crippen LogP contribution < -0.4 is 0 Å². The van der Waals surface area contributed by atoms with Crippen molar-refractivity contribution in [3.63, 3.8) is 0 Å². The summed E-state index contributed by atoms with van der Waals surface area (Å²) in [6.07, 6.45) is -0.869. The van der Waals surface area contributed by atoms with E-state index in [4.69, 9.17) is 16.7 Å². The second-order valence-corrected chi connectivity index (χ2v) is 2.98. The summed E-state index contributed by atoms with van der Waals surface area (Å²) in [5.74, 6) is -0.545. The van der Waals surface area contributed by atoms with E-state index < -0.39 is 16.9 Å². The summed E-state index contributed by atoms with van der Waals surface area (Å²) in [5, 5.41) is 8.95. The van der Waals surface area contributed by atoms with E-state index in [1.165, 1.54) is 6.92 Å². The summed E-state index contributed by atoms with van der Waals surface area (Å²) in [4.78, 5) is 9.37. The highest BCUT2D eigenvalue weighted by Crippen LogP contribution is 2.26. The van der Waals surface area contributed by atoms with Crippen LogP contribution in [0.2, 0.25) is 0 Å².